The lowest BCUT2D eigenvalue weighted by molar-refractivity contribution is -0.150. The van der Waals surface area contributed by atoms with Gasteiger partial charge in [-0.2, -0.15) is 0 Å². The minimum Gasteiger partial charge on any atom is -0.506 e. The molecular weight excluding hydrogens is 558 g/mol. The Balaban J connectivity index is 1.56. The molecule has 0 aliphatic carbocycles. The molecule has 0 aliphatic rings. The normalized spacial score (nSPS) is 10.9. The van der Waals surface area contributed by atoms with E-state index in [9.17, 15) is 24.3 Å². The molecule has 9 nitrogen and oxygen atoms in total. The van der Waals surface area contributed by atoms with Gasteiger partial charge in [-0.1, -0.05) is 72.8 Å². The SMILES string of the molecule is CCNC(=O)C(COC(=O)Cc1ccc(N(C(=O)c2ccccc2)c2ccccc2O)cc1)(C(=O)NCC)c1ccccc1. The third-order valence-electron chi connectivity index (χ3n) is 7.06. The molecule has 0 fully saturated rings. The van der Waals surface area contributed by atoms with Gasteiger partial charge in [0.15, 0.2) is 5.41 Å². The molecule has 0 spiro atoms. The van der Waals surface area contributed by atoms with Crippen molar-refractivity contribution in [3.05, 3.63) is 126 Å². The van der Waals surface area contributed by atoms with Crippen LogP contribution in [0.15, 0.2) is 109 Å². The minimum atomic E-state index is -1.78. The Morgan fingerprint density at radius 1 is 0.727 bits per heavy atom. The summed E-state index contributed by atoms with van der Waals surface area (Å²) >= 11 is 0. The Labute approximate surface area is 256 Å². The number of phenolic OH excluding ortho intramolecular Hbond substituents is 1. The number of para-hydroxylation sites is 2. The summed E-state index contributed by atoms with van der Waals surface area (Å²) in [4.78, 5) is 54.7. The number of carbonyl (C=O) groups excluding carboxylic acids is 4. The van der Waals surface area contributed by atoms with Crippen LogP contribution in [0.25, 0.3) is 0 Å². The fraction of sp³-hybridized carbons (Fsp3) is 0.200. The molecule has 4 aromatic carbocycles. The van der Waals surface area contributed by atoms with Gasteiger partial charge >= 0.3 is 5.97 Å². The molecule has 4 rings (SSSR count). The van der Waals surface area contributed by atoms with E-state index in [4.69, 9.17) is 4.74 Å². The molecule has 0 bridgehead atoms. The Kier molecular flexibility index (Phi) is 10.5. The van der Waals surface area contributed by atoms with Crippen LogP contribution in [0, 0.1) is 0 Å². The molecule has 0 unspecified atom stereocenters. The van der Waals surface area contributed by atoms with Crippen molar-refractivity contribution in [1.82, 2.24) is 10.6 Å². The molecule has 3 N–H and O–H groups in total. The quantitative estimate of drug-likeness (QED) is 0.162. The van der Waals surface area contributed by atoms with Gasteiger partial charge in [-0.25, -0.2) is 0 Å². The number of hydrogen-bond acceptors (Lipinski definition) is 6. The van der Waals surface area contributed by atoms with Gasteiger partial charge < -0.3 is 20.5 Å². The number of nitrogens with zero attached hydrogens (tertiary/aromatic N) is 1. The van der Waals surface area contributed by atoms with Gasteiger partial charge in [-0.15, -0.1) is 0 Å². The third kappa shape index (κ3) is 6.95. The first-order chi connectivity index (χ1) is 21.3. The van der Waals surface area contributed by atoms with E-state index in [-0.39, 0.29) is 31.2 Å². The van der Waals surface area contributed by atoms with E-state index in [1.807, 2.05) is 6.07 Å². The standard InChI is InChI=1S/C35H35N3O6/c1-3-36-33(42)35(34(43)37-4-2,27-15-9-6-10-16-27)24-44-31(40)23-25-19-21-28(22-20-25)38(29-17-11-12-18-30(29)39)32(41)26-13-7-5-8-14-26/h5-22,39H,3-4,23-24H2,1-2H3,(H,36,42)(H,37,43). The Bertz CT molecular complexity index is 1570. The van der Waals surface area contributed by atoms with Gasteiger partial charge in [0, 0.05) is 24.3 Å². The van der Waals surface area contributed by atoms with Crippen molar-refractivity contribution in [1.29, 1.82) is 0 Å². The summed E-state index contributed by atoms with van der Waals surface area (Å²) in [6.07, 6.45) is -0.140. The summed E-state index contributed by atoms with van der Waals surface area (Å²) in [5.41, 5.74) is 0.438. The monoisotopic (exact) mass is 593 g/mol. The van der Waals surface area contributed by atoms with E-state index in [1.165, 1.54) is 11.0 Å². The number of esters is 1. The summed E-state index contributed by atoms with van der Waals surface area (Å²) in [5.74, 6) is -2.18. The van der Waals surface area contributed by atoms with Crippen LogP contribution in [0.4, 0.5) is 11.4 Å². The molecule has 0 radical (unpaired) electrons. The second kappa shape index (κ2) is 14.6. The molecule has 0 heterocycles. The van der Waals surface area contributed by atoms with Gasteiger partial charge in [-0.3, -0.25) is 24.1 Å². The van der Waals surface area contributed by atoms with Crippen LogP contribution < -0.4 is 15.5 Å². The number of ether oxygens (including phenoxy) is 1. The average molecular weight is 594 g/mol. The van der Waals surface area contributed by atoms with E-state index in [2.05, 4.69) is 10.6 Å². The lowest BCUT2D eigenvalue weighted by Gasteiger charge is -2.31. The fourth-order valence-corrected chi connectivity index (χ4v) is 4.82. The molecule has 4 aromatic rings. The van der Waals surface area contributed by atoms with Gasteiger partial charge in [0.05, 0.1) is 12.1 Å². The second-order valence-corrected chi connectivity index (χ2v) is 9.99. The van der Waals surface area contributed by atoms with Gasteiger partial charge in [0.25, 0.3) is 5.91 Å². The van der Waals surface area contributed by atoms with Crippen LogP contribution in [0.3, 0.4) is 0 Å². The number of likely N-dealkylation sites (N-methyl/N-ethyl adjacent to an activating group) is 2. The number of rotatable bonds is 12. The first kappa shape index (κ1) is 31.5. The van der Waals surface area contributed by atoms with Gasteiger partial charge in [0.2, 0.25) is 11.8 Å². The van der Waals surface area contributed by atoms with Gasteiger partial charge in [0.1, 0.15) is 12.4 Å². The van der Waals surface area contributed by atoms with Crippen LogP contribution >= 0.6 is 0 Å². The van der Waals surface area contributed by atoms with Crippen molar-refractivity contribution >= 4 is 35.1 Å². The molecule has 226 valence electrons. The number of hydrogen-bond donors (Lipinski definition) is 3. The van der Waals surface area contributed by atoms with Crippen LogP contribution in [0.2, 0.25) is 0 Å². The summed E-state index contributed by atoms with van der Waals surface area (Å²) in [6, 6.07) is 30.5. The number of amides is 3. The van der Waals surface area contributed by atoms with Crippen molar-refractivity contribution < 1.29 is 29.0 Å². The number of carbonyl (C=O) groups is 4. The predicted octanol–water partition coefficient (Wildman–Crippen LogP) is 4.67. The number of phenols is 1. The molecular formula is C35H35N3O6. The lowest BCUT2D eigenvalue weighted by atomic mass is 9.79. The van der Waals surface area contributed by atoms with Crippen molar-refractivity contribution in [2.24, 2.45) is 0 Å². The molecule has 0 saturated carbocycles. The third-order valence-corrected chi connectivity index (χ3v) is 7.06. The van der Waals surface area contributed by atoms with Crippen molar-refractivity contribution in [3.63, 3.8) is 0 Å². The number of nitrogens with one attached hydrogen (secondary N) is 2. The maximum atomic E-state index is 13.5. The zero-order valence-electron chi connectivity index (χ0n) is 24.7. The number of aromatic hydroxyl groups is 1. The summed E-state index contributed by atoms with van der Waals surface area (Å²) in [5, 5.41) is 16.0. The molecule has 0 atom stereocenters. The smallest absolute Gasteiger partial charge is 0.310 e. The van der Waals surface area contributed by atoms with Crippen LogP contribution in [0.5, 0.6) is 5.75 Å². The minimum absolute atomic E-state index is 0.0643. The van der Waals surface area contributed by atoms with Crippen molar-refractivity contribution in [3.8, 4) is 5.75 Å². The Hall–Kier alpha value is -5.44. The molecule has 0 saturated heterocycles. The Morgan fingerprint density at radius 2 is 1.27 bits per heavy atom. The van der Waals surface area contributed by atoms with Crippen LogP contribution in [-0.4, -0.2) is 48.5 Å². The number of anilines is 2. The highest BCUT2D eigenvalue weighted by Crippen LogP contribution is 2.34. The topological polar surface area (TPSA) is 125 Å². The summed E-state index contributed by atoms with van der Waals surface area (Å²) in [6.45, 7) is 3.58. The highest BCUT2D eigenvalue weighted by Gasteiger charge is 2.48. The van der Waals surface area contributed by atoms with E-state index < -0.39 is 29.8 Å². The molecule has 3 amide bonds. The summed E-state index contributed by atoms with van der Waals surface area (Å²) in [7, 11) is 0. The Morgan fingerprint density at radius 3 is 1.84 bits per heavy atom. The first-order valence-electron chi connectivity index (χ1n) is 14.4. The molecule has 44 heavy (non-hydrogen) atoms. The van der Waals surface area contributed by atoms with Crippen LogP contribution in [0.1, 0.15) is 35.3 Å². The first-order valence-corrected chi connectivity index (χ1v) is 14.4. The maximum absolute atomic E-state index is 13.5. The van der Waals surface area contributed by atoms with E-state index in [1.54, 1.807) is 111 Å². The fourth-order valence-electron chi connectivity index (χ4n) is 4.82. The van der Waals surface area contributed by atoms with Crippen LogP contribution in [-0.2, 0) is 31.0 Å². The highest BCUT2D eigenvalue weighted by molar-refractivity contribution is 6.12. The zero-order valence-corrected chi connectivity index (χ0v) is 24.7. The predicted molar refractivity (Wildman–Crippen MR) is 168 cm³/mol. The number of benzene rings is 4. The highest BCUT2D eigenvalue weighted by atomic mass is 16.5. The molecule has 9 heteroatoms. The summed E-state index contributed by atoms with van der Waals surface area (Å²) < 4.78 is 5.60. The van der Waals surface area contributed by atoms with Gasteiger partial charge in [-0.05, 0) is 61.4 Å². The van der Waals surface area contributed by atoms with E-state index >= 15 is 0 Å². The van der Waals surface area contributed by atoms with E-state index in [0.717, 1.165) is 0 Å². The lowest BCUT2D eigenvalue weighted by Crippen LogP contribution is -2.57. The second-order valence-electron chi connectivity index (χ2n) is 9.99. The zero-order chi connectivity index (χ0) is 31.5. The largest absolute Gasteiger partial charge is 0.506 e. The van der Waals surface area contributed by atoms with Crippen molar-refractivity contribution in [2.75, 3.05) is 24.6 Å². The van der Waals surface area contributed by atoms with Crippen molar-refractivity contribution in [2.45, 2.75) is 25.7 Å². The molecule has 0 aliphatic heterocycles. The maximum Gasteiger partial charge on any atom is 0.310 e. The average Bonchev–Trinajstić information content (AvgIpc) is 3.04. The van der Waals surface area contributed by atoms with E-state index in [0.29, 0.717) is 28.1 Å². The molecule has 0 aromatic heterocycles.